The van der Waals surface area contributed by atoms with Crippen LogP contribution in [0.15, 0.2) is 34.9 Å². The summed E-state index contributed by atoms with van der Waals surface area (Å²) in [6.07, 6.45) is 3.84. The van der Waals surface area contributed by atoms with Gasteiger partial charge in [0, 0.05) is 27.3 Å². The van der Waals surface area contributed by atoms with Crippen molar-refractivity contribution in [3.8, 4) is 11.5 Å². The molecular weight excluding hydrogens is 464 g/mol. The summed E-state index contributed by atoms with van der Waals surface area (Å²) in [7, 11) is -9.84. The molecule has 5 rings (SSSR count). The molecule has 0 saturated carbocycles. The topological polar surface area (TPSA) is 157 Å². The number of aryl methyl sites for hydroxylation is 1. The van der Waals surface area contributed by atoms with Gasteiger partial charge >= 0.3 is 20.8 Å². The Balaban J connectivity index is 1.85. The molecular formula is C20H16O10S2. The van der Waals surface area contributed by atoms with Crippen molar-refractivity contribution in [2.75, 3.05) is 0 Å². The van der Waals surface area contributed by atoms with E-state index >= 15 is 0 Å². The van der Waals surface area contributed by atoms with Crippen LogP contribution in [0.1, 0.15) is 52.6 Å². The first-order chi connectivity index (χ1) is 14.9. The molecule has 1 heterocycles. The van der Waals surface area contributed by atoms with Crippen LogP contribution in [-0.2, 0) is 32.6 Å². The fourth-order valence-electron chi connectivity index (χ4n) is 4.85. The average Bonchev–Trinajstić information content (AvgIpc) is 3.12. The van der Waals surface area contributed by atoms with E-state index in [1.807, 2.05) is 6.92 Å². The maximum atomic E-state index is 13.2. The lowest BCUT2D eigenvalue weighted by Crippen LogP contribution is -2.35. The van der Waals surface area contributed by atoms with Gasteiger partial charge in [0.2, 0.25) is 5.78 Å². The minimum atomic E-state index is -4.93. The molecule has 168 valence electrons. The summed E-state index contributed by atoms with van der Waals surface area (Å²) >= 11 is 0. The minimum Gasteiger partial charge on any atom is -0.460 e. The number of rotatable bonds is 4. The molecule has 12 heteroatoms. The minimum absolute atomic E-state index is 0.0227. The van der Waals surface area contributed by atoms with Gasteiger partial charge in [-0.15, -0.1) is 0 Å². The first kappa shape index (κ1) is 20.9. The second-order valence-electron chi connectivity index (χ2n) is 8.01. The second-order valence-corrected chi connectivity index (χ2v) is 10.1. The third-order valence-electron chi connectivity index (χ3n) is 6.05. The molecule has 0 fully saturated rings. The summed E-state index contributed by atoms with van der Waals surface area (Å²) in [4.78, 5) is 13.2. The molecule has 2 N–H and O–H groups in total. The summed E-state index contributed by atoms with van der Waals surface area (Å²) in [6, 6.07) is 4.97. The molecule has 0 unspecified atom stereocenters. The SMILES string of the molecule is C[C@@]12CCCc3coc(c31)C(=O)c1cc3c(OS(=O)(=O)O)ccc(OS(=O)(=O)O)c3cc12. The highest BCUT2D eigenvalue weighted by Gasteiger charge is 2.46. The Morgan fingerprint density at radius 1 is 1.00 bits per heavy atom. The number of hydrogen-bond acceptors (Lipinski definition) is 8. The van der Waals surface area contributed by atoms with E-state index in [1.54, 1.807) is 6.26 Å². The number of carbonyl (C=O) groups is 1. The highest BCUT2D eigenvalue weighted by Crippen LogP contribution is 2.51. The van der Waals surface area contributed by atoms with Gasteiger partial charge in [-0.25, -0.2) is 0 Å². The van der Waals surface area contributed by atoms with Crippen LogP contribution in [0.2, 0.25) is 0 Å². The van der Waals surface area contributed by atoms with Gasteiger partial charge in [0.25, 0.3) is 0 Å². The quantitative estimate of drug-likeness (QED) is 0.532. The molecule has 2 aliphatic rings. The van der Waals surface area contributed by atoms with Crippen LogP contribution in [0.4, 0.5) is 0 Å². The monoisotopic (exact) mass is 480 g/mol. The molecule has 2 aliphatic carbocycles. The predicted molar refractivity (Wildman–Crippen MR) is 110 cm³/mol. The van der Waals surface area contributed by atoms with Crippen LogP contribution in [-0.4, -0.2) is 31.7 Å². The lowest BCUT2D eigenvalue weighted by Gasteiger charge is -2.39. The van der Waals surface area contributed by atoms with Crippen LogP contribution < -0.4 is 8.37 Å². The van der Waals surface area contributed by atoms with Crippen molar-refractivity contribution in [3.63, 3.8) is 0 Å². The fourth-order valence-corrected chi connectivity index (χ4v) is 5.60. The molecule has 0 aliphatic heterocycles. The summed E-state index contributed by atoms with van der Waals surface area (Å²) in [5, 5.41) is 0.0427. The van der Waals surface area contributed by atoms with Crippen molar-refractivity contribution in [1.82, 2.24) is 0 Å². The van der Waals surface area contributed by atoms with E-state index < -0.39 is 32.0 Å². The molecule has 2 aromatic carbocycles. The van der Waals surface area contributed by atoms with Crippen LogP contribution in [0.5, 0.6) is 11.5 Å². The number of ketones is 1. The average molecular weight is 480 g/mol. The highest BCUT2D eigenvalue weighted by molar-refractivity contribution is 7.81. The Bertz CT molecular complexity index is 1530. The van der Waals surface area contributed by atoms with E-state index in [0.29, 0.717) is 12.0 Å². The molecule has 0 bridgehead atoms. The Morgan fingerprint density at radius 2 is 1.59 bits per heavy atom. The van der Waals surface area contributed by atoms with Crippen LogP contribution >= 0.6 is 0 Å². The van der Waals surface area contributed by atoms with Crippen LogP contribution in [0.3, 0.4) is 0 Å². The summed E-state index contributed by atoms with van der Waals surface area (Å²) in [5.41, 5.74) is 1.88. The van der Waals surface area contributed by atoms with Gasteiger partial charge in [0.1, 0.15) is 0 Å². The lowest BCUT2D eigenvalue weighted by molar-refractivity contribution is 0.0998. The normalized spacial score (nSPS) is 20.0. The molecule has 0 radical (unpaired) electrons. The van der Waals surface area contributed by atoms with Crippen molar-refractivity contribution in [2.45, 2.75) is 31.6 Å². The number of furan rings is 1. The number of carbonyl (C=O) groups excluding carboxylic acids is 1. The standard InChI is InChI=1S/C20H16O10S2/c1-20-6-2-3-10-9-28-19(17(10)20)18(21)13-7-11-12(8-14(13)20)16(30-32(25,26)27)5-4-15(11)29-31(22,23)24/h4-5,7-9H,2-3,6H2,1H3,(H,22,23,24)(H,25,26,27)/t20-/m0/s1. The zero-order valence-corrected chi connectivity index (χ0v) is 18.1. The van der Waals surface area contributed by atoms with E-state index in [1.165, 1.54) is 12.1 Å². The van der Waals surface area contributed by atoms with Crippen LogP contribution in [0, 0.1) is 0 Å². The largest absolute Gasteiger partial charge is 0.460 e. The van der Waals surface area contributed by atoms with Gasteiger partial charge < -0.3 is 12.8 Å². The zero-order chi connectivity index (χ0) is 23.1. The van der Waals surface area contributed by atoms with E-state index in [2.05, 4.69) is 8.37 Å². The number of benzene rings is 2. The third-order valence-corrected chi connectivity index (χ3v) is 6.83. The maximum absolute atomic E-state index is 13.2. The van der Waals surface area contributed by atoms with E-state index in [-0.39, 0.29) is 33.6 Å². The Morgan fingerprint density at radius 3 is 2.19 bits per heavy atom. The summed E-state index contributed by atoms with van der Waals surface area (Å²) in [6.45, 7) is 1.95. The predicted octanol–water partition coefficient (Wildman–Crippen LogP) is 2.98. The number of fused-ring (bicyclic) bond motifs is 3. The van der Waals surface area contributed by atoms with Gasteiger partial charge in [-0.2, -0.15) is 16.8 Å². The van der Waals surface area contributed by atoms with Gasteiger partial charge in [0.05, 0.1) is 6.26 Å². The maximum Gasteiger partial charge on any atom is 0.446 e. The van der Waals surface area contributed by atoms with Crippen LogP contribution in [0.25, 0.3) is 10.8 Å². The van der Waals surface area contributed by atoms with Gasteiger partial charge in [-0.05, 0) is 54.7 Å². The van der Waals surface area contributed by atoms with E-state index in [0.717, 1.165) is 36.1 Å². The second kappa shape index (κ2) is 6.54. The summed E-state index contributed by atoms with van der Waals surface area (Å²) < 4.78 is 78.6. The molecule has 10 nitrogen and oxygen atoms in total. The molecule has 32 heavy (non-hydrogen) atoms. The smallest absolute Gasteiger partial charge is 0.446 e. The molecule has 3 aromatic rings. The first-order valence-corrected chi connectivity index (χ1v) is 12.2. The highest BCUT2D eigenvalue weighted by atomic mass is 32.3. The van der Waals surface area contributed by atoms with Gasteiger partial charge in [-0.3, -0.25) is 13.9 Å². The van der Waals surface area contributed by atoms with Gasteiger partial charge in [-0.1, -0.05) is 6.92 Å². The van der Waals surface area contributed by atoms with E-state index in [9.17, 15) is 26.2 Å². The first-order valence-electron chi connectivity index (χ1n) is 9.48. The molecule has 1 aromatic heterocycles. The van der Waals surface area contributed by atoms with Crippen molar-refractivity contribution in [3.05, 3.63) is 58.5 Å². The fraction of sp³-hybridized carbons (Fsp3) is 0.250. The van der Waals surface area contributed by atoms with E-state index in [4.69, 9.17) is 8.97 Å². The Hall–Kier alpha value is -2.93. The molecule has 0 spiro atoms. The summed E-state index contributed by atoms with van der Waals surface area (Å²) in [5.74, 6) is -0.878. The Labute approximate surface area is 182 Å². The van der Waals surface area contributed by atoms with Crippen molar-refractivity contribution in [2.24, 2.45) is 0 Å². The van der Waals surface area contributed by atoms with Crippen molar-refractivity contribution < 1.29 is 43.5 Å². The number of hydrogen-bond donors (Lipinski definition) is 2. The van der Waals surface area contributed by atoms with Crippen molar-refractivity contribution in [1.29, 1.82) is 0 Å². The molecule has 1 atom stereocenters. The molecule has 0 amide bonds. The van der Waals surface area contributed by atoms with Crippen molar-refractivity contribution >= 4 is 37.4 Å². The zero-order valence-electron chi connectivity index (χ0n) is 16.5. The third kappa shape index (κ3) is 3.18. The lowest BCUT2D eigenvalue weighted by atomic mass is 9.63. The molecule has 0 saturated heterocycles. The van der Waals surface area contributed by atoms with Gasteiger partial charge in [0.15, 0.2) is 17.3 Å². The Kier molecular flexibility index (Phi) is 4.28.